The first kappa shape index (κ1) is 11.1. The van der Waals surface area contributed by atoms with E-state index in [4.69, 9.17) is 0 Å². The minimum Gasteiger partial charge on any atom is -0.273 e. The van der Waals surface area contributed by atoms with Gasteiger partial charge in [-0.1, -0.05) is 45.0 Å². The summed E-state index contributed by atoms with van der Waals surface area (Å²) in [6, 6.07) is 8.48. The molecule has 0 saturated carbocycles. The van der Waals surface area contributed by atoms with Gasteiger partial charge < -0.3 is 0 Å². The summed E-state index contributed by atoms with van der Waals surface area (Å²) in [5.74, 6) is 0.553. The summed E-state index contributed by atoms with van der Waals surface area (Å²) in [7, 11) is 0. The number of nitrogens with zero attached hydrogens (tertiary/aromatic N) is 2. The number of aliphatic imine (C=N–C) groups is 2. The van der Waals surface area contributed by atoms with Crippen LogP contribution in [0.1, 0.15) is 31.9 Å². The Labute approximate surface area is 97.1 Å². The van der Waals surface area contributed by atoms with Crippen molar-refractivity contribution >= 4 is 12.6 Å². The van der Waals surface area contributed by atoms with Crippen LogP contribution in [0.15, 0.2) is 34.3 Å². The smallest absolute Gasteiger partial charge is 0.109 e. The molecule has 1 aromatic rings. The third kappa shape index (κ3) is 1.80. The summed E-state index contributed by atoms with van der Waals surface area (Å²) < 4.78 is 0. The van der Waals surface area contributed by atoms with Crippen molar-refractivity contribution in [3.8, 4) is 0 Å². The summed E-state index contributed by atoms with van der Waals surface area (Å²) in [5.41, 5.74) is 2.66. The molecule has 1 aliphatic rings. The molecule has 0 spiro atoms. The second kappa shape index (κ2) is 4.20. The van der Waals surface area contributed by atoms with E-state index in [9.17, 15) is 0 Å². The largest absolute Gasteiger partial charge is 0.273 e. The Hall–Kier alpha value is -1.44. The molecule has 1 heterocycles. The molecule has 1 aromatic carbocycles. The monoisotopic (exact) mass is 214 g/mol. The molecule has 2 rings (SSSR count). The number of hydrogen-bond donors (Lipinski definition) is 0. The lowest BCUT2D eigenvalue weighted by atomic mass is 9.71. The molecular formula is C14H18N2. The number of rotatable bonds is 1. The zero-order valence-corrected chi connectivity index (χ0v) is 10.1. The Kier molecular flexibility index (Phi) is 2.90. The Morgan fingerprint density at radius 2 is 2.00 bits per heavy atom. The molecule has 1 unspecified atom stereocenters. The standard InChI is InChI=1S/C14H18N2/c1-11(2)14(3)9-16-10-15-8-12-6-4-5-7-13(12)14/h4-8,10-11H,9H2,1-3H3/b15-8-,16-10-. The van der Waals surface area contributed by atoms with E-state index >= 15 is 0 Å². The third-order valence-electron chi connectivity index (χ3n) is 3.63. The predicted molar refractivity (Wildman–Crippen MR) is 69.6 cm³/mol. The average Bonchev–Trinajstić information content (AvgIpc) is 2.26. The van der Waals surface area contributed by atoms with Gasteiger partial charge in [-0.15, -0.1) is 0 Å². The van der Waals surface area contributed by atoms with Crippen LogP contribution in [0, 0.1) is 5.92 Å². The summed E-state index contributed by atoms with van der Waals surface area (Å²) >= 11 is 0. The van der Waals surface area contributed by atoms with Gasteiger partial charge in [-0.05, 0) is 17.0 Å². The van der Waals surface area contributed by atoms with Crippen molar-refractivity contribution < 1.29 is 0 Å². The molecule has 1 aliphatic heterocycles. The molecule has 2 nitrogen and oxygen atoms in total. The molecule has 0 amide bonds. The van der Waals surface area contributed by atoms with Crippen LogP contribution < -0.4 is 0 Å². The predicted octanol–water partition coefficient (Wildman–Crippen LogP) is 3.06. The quantitative estimate of drug-likeness (QED) is 0.686. The van der Waals surface area contributed by atoms with Crippen molar-refractivity contribution in [2.75, 3.05) is 6.54 Å². The van der Waals surface area contributed by atoms with E-state index in [0.29, 0.717) is 5.92 Å². The minimum absolute atomic E-state index is 0.0968. The highest BCUT2D eigenvalue weighted by atomic mass is 14.9. The van der Waals surface area contributed by atoms with Gasteiger partial charge in [-0.3, -0.25) is 4.99 Å². The second-order valence-electron chi connectivity index (χ2n) is 4.89. The Bertz CT molecular complexity index is 432. The van der Waals surface area contributed by atoms with Gasteiger partial charge >= 0.3 is 0 Å². The van der Waals surface area contributed by atoms with E-state index in [1.54, 1.807) is 6.34 Å². The van der Waals surface area contributed by atoms with Gasteiger partial charge in [0.05, 0.1) is 6.54 Å². The maximum Gasteiger partial charge on any atom is 0.109 e. The molecule has 0 bridgehead atoms. The van der Waals surface area contributed by atoms with E-state index in [2.05, 4.69) is 55.0 Å². The summed E-state index contributed by atoms with van der Waals surface area (Å²) in [6.07, 6.45) is 3.56. The first-order valence-electron chi connectivity index (χ1n) is 5.75. The molecule has 0 N–H and O–H groups in total. The van der Waals surface area contributed by atoms with Crippen molar-refractivity contribution in [3.05, 3.63) is 35.4 Å². The number of hydrogen-bond acceptors (Lipinski definition) is 2. The highest BCUT2D eigenvalue weighted by Gasteiger charge is 2.32. The van der Waals surface area contributed by atoms with Crippen LogP contribution in [0.2, 0.25) is 0 Å². The summed E-state index contributed by atoms with van der Waals surface area (Å²) in [5, 5.41) is 0. The molecular weight excluding hydrogens is 196 g/mol. The van der Waals surface area contributed by atoms with Crippen LogP contribution in [-0.2, 0) is 5.41 Å². The highest BCUT2D eigenvalue weighted by molar-refractivity contribution is 5.88. The molecule has 0 saturated heterocycles. The Morgan fingerprint density at radius 3 is 2.75 bits per heavy atom. The van der Waals surface area contributed by atoms with Gasteiger partial charge in [0.2, 0.25) is 0 Å². The topological polar surface area (TPSA) is 24.7 Å². The minimum atomic E-state index is 0.0968. The van der Waals surface area contributed by atoms with Crippen LogP contribution >= 0.6 is 0 Å². The normalized spacial score (nSPS) is 28.0. The molecule has 2 heteroatoms. The van der Waals surface area contributed by atoms with Crippen LogP contribution in [-0.4, -0.2) is 19.1 Å². The average molecular weight is 214 g/mol. The highest BCUT2D eigenvalue weighted by Crippen LogP contribution is 2.34. The van der Waals surface area contributed by atoms with Gasteiger partial charge in [0.15, 0.2) is 0 Å². The van der Waals surface area contributed by atoms with Crippen molar-refractivity contribution in [2.45, 2.75) is 26.2 Å². The lowest BCUT2D eigenvalue weighted by molar-refractivity contribution is 0.348. The molecule has 0 fully saturated rings. The van der Waals surface area contributed by atoms with Crippen molar-refractivity contribution in [3.63, 3.8) is 0 Å². The molecule has 16 heavy (non-hydrogen) atoms. The lowest BCUT2D eigenvalue weighted by Crippen LogP contribution is -2.33. The fraction of sp³-hybridized carbons (Fsp3) is 0.429. The molecule has 0 aromatic heterocycles. The van der Waals surface area contributed by atoms with Crippen LogP contribution in [0.3, 0.4) is 0 Å². The summed E-state index contributed by atoms with van der Waals surface area (Å²) in [4.78, 5) is 8.56. The van der Waals surface area contributed by atoms with Gasteiger partial charge in [0.1, 0.15) is 6.34 Å². The van der Waals surface area contributed by atoms with Gasteiger partial charge in [0, 0.05) is 11.6 Å². The third-order valence-corrected chi connectivity index (χ3v) is 3.63. The van der Waals surface area contributed by atoms with Gasteiger partial charge in [-0.25, -0.2) is 4.99 Å². The molecule has 0 aliphatic carbocycles. The number of fused-ring (bicyclic) bond motifs is 1. The van der Waals surface area contributed by atoms with E-state index in [0.717, 1.165) is 6.54 Å². The van der Waals surface area contributed by atoms with Crippen LogP contribution in [0.5, 0.6) is 0 Å². The fourth-order valence-electron chi connectivity index (χ4n) is 2.10. The maximum absolute atomic E-state index is 4.38. The number of benzene rings is 1. The fourth-order valence-corrected chi connectivity index (χ4v) is 2.10. The van der Waals surface area contributed by atoms with E-state index in [1.807, 2.05) is 6.21 Å². The van der Waals surface area contributed by atoms with Crippen molar-refractivity contribution in [2.24, 2.45) is 15.9 Å². The first-order valence-corrected chi connectivity index (χ1v) is 5.75. The van der Waals surface area contributed by atoms with Crippen molar-refractivity contribution in [1.82, 2.24) is 0 Å². The maximum atomic E-state index is 4.38. The summed E-state index contributed by atoms with van der Waals surface area (Å²) in [6.45, 7) is 7.60. The van der Waals surface area contributed by atoms with E-state index < -0.39 is 0 Å². The van der Waals surface area contributed by atoms with E-state index in [-0.39, 0.29) is 5.41 Å². The van der Waals surface area contributed by atoms with Gasteiger partial charge in [0.25, 0.3) is 0 Å². The zero-order chi connectivity index (χ0) is 11.6. The van der Waals surface area contributed by atoms with Crippen LogP contribution in [0.4, 0.5) is 0 Å². The first-order chi connectivity index (χ1) is 7.64. The van der Waals surface area contributed by atoms with Crippen LogP contribution in [0.25, 0.3) is 0 Å². The lowest BCUT2D eigenvalue weighted by Gasteiger charge is -2.34. The SMILES string of the molecule is CC(C)C1(C)C/N=C\N=C/c2ccccc21. The van der Waals surface area contributed by atoms with E-state index in [1.165, 1.54) is 11.1 Å². The Morgan fingerprint density at radius 1 is 1.25 bits per heavy atom. The second-order valence-corrected chi connectivity index (χ2v) is 4.89. The Balaban J connectivity index is 2.59. The molecule has 84 valence electrons. The zero-order valence-electron chi connectivity index (χ0n) is 10.1. The van der Waals surface area contributed by atoms with Gasteiger partial charge in [-0.2, -0.15) is 0 Å². The van der Waals surface area contributed by atoms with Crippen molar-refractivity contribution in [1.29, 1.82) is 0 Å². The molecule has 1 atom stereocenters. The molecule has 0 radical (unpaired) electrons.